The second-order valence-electron chi connectivity index (χ2n) is 5.76. The van der Waals surface area contributed by atoms with Crippen LogP contribution in [0.3, 0.4) is 0 Å². The Balaban J connectivity index is 1.96. The van der Waals surface area contributed by atoms with Gasteiger partial charge < -0.3 is 10.0 Å². The zero-order chi connectivity index (χ0) is 14.6. The van der Waals surface area contributed by atoms with Crippen molar-refractivity contribution in [2.75, 3.05) is 19.7 Å². The molecule has 1 heterocycles. The van der Waals surface area contributed by atoms with Crippen LogP contribution in [0, 0.1) is 0 Å². The van der Waals surface area contributed by atoms with Gasteiger partial charge in [0.05, 0.1) is 13.0 Å². The summed E-state index contributed by atoms with van der Waals surface area (Å²) in [5, 5.41) is 8.99. The maximum absolute atomic E-state index is 12.1. The summed E-state index contributed by atoms with van der Waals surface area (Å²) in [6, 6.07) is 0. The second kappa shape index (κ2) is 6.31. The van der Waals surface area contributed by atoms with Crippen molar-refractivity contribution >= 4 is 5.91 Å². The van der Waals surface area contributed by atoms with Gasteiger partial charge in [0, 0.05) is 30.9 Å². The first kappa shape index (κ1) is 14.9. The Morgan fingerprint density at radius 1 is 1.35 bits per heavy atom. The van der Waals surface area contributed by atoms with Crippen molar-refractivity contribution in [2.24, 2.45) is 0 Å². The summed E-state index contributed by atoms with van der Waals surface area (Å²) in [5.74, 6) is 0.907. The molecule has 0 atom stereocenters. The highest BCUT2D eigenvalue weighted by atomic mass is 16.3. The SMILES string of the molecule is CCCN(CCO)C(=O)Cc1cnc(C2(C)CC2)nc1. The summed E-state index contributed by atoms with van der Waals surface area (Å²) in [6.45, 7) is 5.25. The Hall–Kier alpha value is -1.49. The van der Waals surface area contributed by atoms with Gasteiger partial charge in [-0.3, -0.25) is 4.79 Å². The lowest BCUT2D eigenvalue weighted by molar-refractivity contribution is -0.131. The third-order valence-corrected chi connectivity index (χ3v) is 3.82. The number of hydrogen-bond acceptors (Lipinski definition) is 4. The Labute approximate surface area is 120 Å². The third-order valence-electron chi connectivity index (χ3n) is 3.82. The molecule has 0 spiro atoms. The Bertz CT molecular complexity index is 449. The number of amides is 1. The molecule has 0 unspecified atom stereocenters. The zero-order valence-corrected chi connectivity index (χ0v) is 12.3. The fraction of sp³-hybridized carbons (Fsp3) is 0.667. The van der Waals surface area contributed by atoms with Crippen molar-refractivity contribution in [1.29, 1.82) is 0 Å². The summed E-state index contributed by atoms with van der Waals surface area (Å²) in [5.41, 5.74) is 0.996. The molecule has 5 nitrogen and oxygen atoms in total. The summed E-state index contributed by atoms with van der Waals surface area (Å²) >= 11 is 0. The van der Waals surface area contributed by atoms with Gasteiger partial charge in [-0.05, 0) is 24.8 Å². The molecule has 20 heavy (non-hydrogen) atoms. The number of aliphatic hydroxyl groups excluding tert-OH is 1. The minimum atomic E-state index is -0.000464. The van der Waals surface area contributed by atoms with Crippen molar-refractivity contribution in [2.45, 2.75) is 44.9 Å². The van der Waals surface area contributed by atoms with E-state index < -0.39 is 0 Å². The molecule has 0 saturated heterocycles. The number of rotatable bonds is 7. The van der Waals surface area contributed by atoms with E-state index in [0.717, 1.165) is 30.7 Å². The number of carbonyl (C=O) groups excluding carboxylic acids is 1. The summed E-state index contributed by atoms with van der Waals surface area (Å²) < 4.78 is 0. The first-order chi connectivity index (χ1) is 9.59. The summed E-state index contributed by atoms with van der Waals surface area (Å²) in [7, 11) is 0. The quantitative estimate of drug-likeness (QED) is 0.816. The summed E-state index contributed by atoms with van der Waals surface area (Å²) in [4.78, 5) is 22.6. The van der Waals surface area contributed by atoms with Gasteiger partial charge in [-0.2, -0.15) is 0 Å². The molecule has 1 N–H and O–H groups in total. The first-order valence-corrected chi connectivity index (χ1v) is 7.29. The van der Waals surface area contributed by atoms with Gasteiger partial charge in [0.25, 0.3) is 0 Å². The minimum absolute atomic E-state index is 0.000464. The van der Waals surface area contributed by atoms with E-state index in [9.17, 15) is 4.79 Å². The van der Waals surface area contributed by atoms with Crippen LogP contribution >= 0.6 is 0 Å². The zero-order valence-electron chi connectivity index (χ0n) is 12.3. The van der Waals surface area contributed by atoms with Crippen molar-refractivity contribution in [3.05, 3.63) is 23.8 Å². The average Bonchev–Trinajstić information content (AvgIpc) is 3.18. The van der Waals surface area contributed by atoms with Crippen molar-refractivity contribution in [3.63, 3.8) is 0 Å². The monoisotopic (exact) mass is 277 g/mol. The Kier molecular flexibility index (Phi) is 4.70. The molecule has 0 aromatic carbocycles. The number of aliphatic hydroxyl groups is 1. The minimum Gasteiger partial charge on any atom is -0.395 e. The highest BCUT2D eigenvalue weighted by molar-refractivity contribution is 5.78. The molecule has 1 aromatic heterocycles. The third kappa shape index (κ3) is 3.54. The van der Waals surface area contributed by atoms with E-state index in [1.165, 1.54) is 0 Å². The standard InChI is InChI=1S/C15H23N3O2/c1-3-6-18(7-8-19)13(20)9-12-10-16-14(17-11-12)15(2)4-5-15/h10-11,19H,3-9H2,1-2H3. The van der Waals surface area contributed by atoms with E-state index in [1.807, 2.05) is 6.92 Å². The molecule has 1 aromatic rings. The van der Waals surface area contributed by atoms with Gasteiger partial charge in [-0.25, -0.2) is 9.97 Å². The van der Waals surface area contributed by atoms with Crippen LogP contribution in [0.2, 0.25) is 0 Å². The van der Waals surface area contributed by atoms with E-state index in [2.05, 4.69) is 16.9 Å². The topological polar surface area (TPSA) is 66.3 Å². The lowest BCUT2D eigenvalue weighted by Crippen LogP contribution is -2.35. The molecule has 2 rings (SSSR count). The number of aromatic nitrogens is 2. The maximum atomic E-state index is 12.1. The number of carbonyl (C=O) groups is 1. The maximum Gasteiger partial charge on any atom is 0.227 e. The fourth-order valence-corrected chi connectivity index (χ4v) is 2.21. The highest BCUT2D eigenvalue weighted by Gasteiger charge is 2.41. The molecule has 1 fully saturated rings. The van der Waals surface area contributed by atoms with Crippen LogP contribution in [-0.2, 0) is 16.6 Å². The van der Waals surface area contributed by atoms with Gasteiger partial charge in [0.1, 0.15) is 5.82 Å². The molecule has 5 heteroatoms. The molecule has 1 aliphatic rings. The average molecular weight is 277 g/mol. The molecular weight excluding hydrogens is 254 g/mol. The molecule has 1 aliphatic carbocycles. The van der Waals surface area contributed by atoms with E-state index in [-0.39, 0.29) is 17.9 Å². The number of hydrogen-bond donors (Lipinski definition) is 1. The first-order valence-electron chi connectivity index (χ1n) is 7.29. The summed E-state index contributed by atoms with van der Waals surface area (Å²) in [6.07, 6.45) is 6.99. The van der Waals surface area contributed by atoms with E-state index >= 15 is 0 Å². The second-order valence-corrected chi connectivity index (χ2v) is 5.76. The van der Waals surface area contributed by atoms with Crippen LogP contribution in [0.1, 0.15) is 44.5 Å². The molecule has 0 aliphatic heterocycles. The predicted molar refractivity (Wildman–Crippen MR) is 76.3 cm³/mol. The van der Waals surface area contributed by atoms with Crippen LogP contribution in [-0.4, -0.2) is 45.6 Å². The molecular formula is C15H23N3O2. The lowest BCUT2D eigenvalue weighted by Gasteiger charge is -2.21. The molecule has 0 radical (unpaired) electrons. The van der Waals surface area contributed by atoms with Crippen LogP contribution in [0.4, 0.5) is 0 Å². The van der Waals surface area contributed by atoms with Crippen LogP contribution in [0.15, 0.2) is 12.4 Å². The van der Waals surface area contributed by atoms with Crippen LogP contribution in [0.25, 0.3) is 0 Å². The largest absolute Gasteiger partial charge is 0.395 e. The molecule has 110 valence electrons. The Morgan fingerprint density at radius 2 is 2.00 bits per heavy atom. The van der Waals surface area contributed by atoms with Gasteiger partial charge in [-0.15, -0.1) is 0 Å². The Morgan fingerprint density at radius 3 is 2.50 bits per heavy atom. The molecule has 1 saturated carbocycles. The lowest BCUT2D eigenvalue weighted by atomic mass is 10.1. The predicted octanol–water partition coefficient (Wildman–Crippen LogP) is 1.30. The van der Waals surface area contributed by atoms with E-state index in [0.29, 0.717) is 19.5 Å². The van der Waals surface area contributed by atoms with Crippen molar-refractivity contribution in [1.82, 2.24) is 14.9 Å². The van der Waals surface area contributed by atoms with Gasteiger partial charge in [0.2, 0.25) is 5.91 Å². The number of nitrogens with zero attached hydrogens (tertiary/aromatic N) is 3. The van der Waals surface area contributed by atoms with Crippen LogP contribution in [0.5, 0.6) is 0 Å². The van der Waals surface area contributed by atoms with Gasteiger partial charge in [0.15, 0.2) is 0 Å². The fourth-order valence-electron chi connectivity index (χ4n) is 2.21. The van der Waals surface area contributed by atoms with Crippen molar-refractivity contribution < 1.29 is 9.90 Å². The molecule has 1 amide bonds. The normalized spacial score (nSPS) is 15.9. The van der Waals surface area contributed by atoms with E-state index in [4.69, 9.17) is 5.11 Å². The van der Waals surface area contributed by atoms with Gasteiger partial charge in [-0.1, -0.05) is 13.8 Å². The van der Waals surface area contributed by atoms with Gasteiger partial charge >= 0.3 is 0 Å². The van der Waals surface area contributed by atoms with Crippen LogP contribution < -0.4 is 0 Å². The molecule has 0 bridgehead atoms. The van der Waals surface area contributed by atoms with Crippen molar-refractivity contribution in [3.8, 4) is 0 Å². The highest BCUT2D eigenvalue weighted by Crippen LogP contribution is 2.45. The smallest absolute Gasteiger partial charge is 0.227 e. The van der Waals surface area contributed by atoms with E-state index in [1.54, 1.807) is 17.3 Å².